The molecule has 1 aliphatic heterocycles. The fourth-order valence-corrected chi connectivity index (χ4v) is 5.22. The van der Waals surface area contributed by atoms with Gasteiger partial charge in [0.1, 0.15) is 5.82 Å². The largest absolute Gasteiger partial charge is 0.357 e. The Hall–Kier alpha value is -2.41. The standard InChI is InChI=1S/C24H31F2N3OS/c1-23(2,31(4,5)20-10-8-9-19(16-20)24(3,25)26)17-28-22(30)18-11-12-27-21(15-18)29-13-6-7-14-29/h8-12,15-16H,4-7,13-14,17H2,1-3H3,(H,28,30). The highest BCUT2D eigenvalue weighted by Gasteiger charge is 2.29. The number of alkyl halides is 2. The first-order chi connectivity index (χ1) is 14.4. The molecule has 3 rings (SSSR count). The van der Waals surface area contributed by atoms with Crippen LogP contribution < -0.4 is 10.2 Å². The van der Waals surface area contributed by atoms with Crippen molar-refractivity contribution in [3.63, 3.8) is 0 Å². The number of halogens is 2. The van der Waals surface area contributed by atoms with Crippen molar-refractivity contribution in [1.82, 2.24) is 10.3 Å². The van der Waals surface area contributed by atoms with Gasteiger partial charge in [-0.05, 0) is 55.9 Å². The Morgan fingerprint density at radius 3 is 2.48 bits per heavy atom. The minimum absolute atomic E-state index is 0.0553. The third kappa shape index (κ3) is 5.09. The summed E-state index contributed by atoms with van der Waals surface area (Å²) in [5.41, 5.74) is 0.495. The van der Waals surface area contributed by atoms with E-state index in [0.717, 1.165) is 38.7 Å². The lowest BCUT2D eigenvalue weighted by Crippen LogP contribution is -2.38. The summed E-state index contributed by atoms with van der Waals surface area (Å²) >= 11 is 0. The molecular formula is C24H31F2N3OS. The highest BCUT2D eigenvalue weighted by molar-refractivity contribution is 8.28. The number of pyridine rings is 1. The SMILES string of the molecule is C=S(=C)(c1cccc(C(C)(F)F)c1)C(C)(C)CNC(=O)c1ccnc(N2CCCC2)c1. The minimum atomic E-state index is -2.93. The molecule has 1 aliphatic rings. The van der Waals surface area contributed by atoms with E-state index in [-0.39, 0.29) is 11.5 Å². The second-order valence-corrected chi connectivity index (χ2v) is 12.2. The summed E-state index contributed by atoms with van der Waals surface area (Å²) in [6.45, 7) is 7.03. The first-order valence-corrected chi connectivity index (χ1v) is 12.4. The fourth-order valence-electron chi connectivity index (χ4n) is 3.54. The number of anilines is 1. The molecular weight excluding hydrogens is 416 g/mol. The molecule has 0 bridgehead atoms. The topological polar surface area (TPSA) is 45.2 Å². The Kier molecular flexibility index (Phi) is 6.46. The summed E-state index contributed by atoms with van der Waals surface area (Å²) in [7, 11) is -1.99. The van der Waals surface area contributed by atoms with E-state index in [1.54, 1.807) is 24.4 Å². The normalized spacial score (nSPS) is 15.2. The van der Waals surface area contributed by atoms with Crippen molar-refractivity contribution >= 4 is 32.7 Å². The first kappa shape index (κ1) is 23.3. The quantitative estimate of drug-likeness (QED) is 0.606. The summed E-state index contributed by atoms with van der Waals surface area (Å²) < 4.78 is 27.1. The van der Waals surface area contributed by atoms with E-state index in [1.807, 2.05) is 19.9 Å². The number of hydrogen-bond donors (Lipinski definition) is 1. The van der Waals surface area contributed by atoms with Crippen LogP contribution in [0.2, 0.25) is 0 Å². The first-order valence-electron chi connectivity index (χ1n) is 10.4. The van der Waals surface area contributed by atoms with E-state index >= 15 is 0 Å². The van der Waals surface area contributed by atoms with Crippen LogP contribution in [-0.4, -0.2) is 47.0 Å². The molecule has 1 aromatic heterocycles. The second kappa shape index (κ2) is 8.61. The van der Waals surface area contributed by atoms with Crippen LogP contribution >= 0.6 is 9.21 Å². The number of benzene rings is 1. The maximum Gasteiger partial charge on any atom is 0.270 e. The molecule has 1 fully saturated rings. The van der Waals surface area contributed by atoms with Crippen molar-refractivity contribution < 1.29 is 13.6 Å². The second-order valence-electron chi connectivity index (χ2n) is 8.84. The Labute approximate surface area is 184 Å². The number of rotatable bonds is 7. The van der Waals surface area contributed by atoms with Crippen molar-refractivity contribution in [3.05, 3.63) is 53.7 Å². The highest BCUT2D eigenvalue weighted by Crippen LogP contribution is 2.45. The average molecular weight is 448 g/mol. The molecule has 31 heavy (non-hydrogen) atoms. The maximum absolute atomic E-state index is 13.8. The molecule has 168 valence electrons. The molecule has 2 aromatic rings. The zero-order valence-electron chi connectivity index (χ0n) is 18.5. The van der Waals surface area contributed by atoms with Gasteiger partial charge in [-0.25, -0.2) is 13.8 Å². The summed E-state index contributed by atoms with van der Waals surface area (Å²) in [5.74, 6) is 6.31. The van der Waals surface area contributed by atoms with Crippen LogP contribution in [0.3, 0.4) is 0 Å². The van der Waals surface area contributed by atoms with Gasteiger partial charge in [0.25, 0.3) is 11.8 Å². The monoisotopic (exact) mass is 447 g/mol. The van der Waals surface area contributed by atoms with E-state index in [9.17, 15) is 13.6 Å². The van der Waals surface area contributed by atoms with Crippen LogP contribution in [0, 0.1) is 0 Å². The van der Waals surface area contributed by atoms with Gasteiger partial charge in [0, 0.05) is 48.6 Å². The number of nitrogens with one attached hydrogen (secondary N) is 1. The van der Waals surface area contributed by atoms with Crippen LogP contribution in [0.4, 0.5) is 14.6 Å². The Bertz CT molecular complexity index is 1050. The lowest BCUT2D eigenvalue weighted by molar-refractivity contribution is 0.0172. The van der Waals surface area contributed by atoms with Gasteiger partial charge in [-0.1, -0.05) is 23.9 Å². The van der Waals surface area contributed by atoms with Gasteiger partial charge in [-0.2, -0.15) is 9.21 Å². The molecule has 7 heteroatoms. The zero-order valence-corrected chi connectivity index (χ0v) is 19.3. The molecule has 4 nitrogen and oxygen atoms in total. The summed E-state index contributed by atoms with van der Waals surface area (Å²) in [6, 6.07) is 9.82. The number of carbonyl (C=O) groups is 1. The van der Waals surface area contributed by atoms with Gasteiger partial charge in [-0.3, -0.25) is 4.79 Å². The molecule has 1 aromatic carbocycles. The van der Waals surface area contributed by atoms with E-state index in [1.165, 1.54) is 12.1 Å². The predicted molar refractivity (Wildman–Crippen MR) is 128 cm³/mol. The van der Waals surface area contributed by atoms with E-state index < -0.39 is 19.9 Å². The van der Waals surface area contributed by atoms with Crippen LogP contribution in [0.1, 0.15) is 49.5 Å². The summed E-state index contributed by atoms with van der Waals surface area (Å²) in [6.07, 6.45) is 3.92. The van der Waals surface area contributed by atoms with Crippen molar-refractivity contribution in [2.45, 2.75) is 49.2 Å². The minimum Gasteiger partial charge on any atom is -0.357 e. The van der Waals surface area contributed by atoms with Crippen molar-refractivity contribution in [3.8, 4) is 0 Å². The van der Waals surface area contributed by atoms with Crippen molar-refractivity contribution in [2.24, 2.45) is 0 Å². The smallest absolute Gasteiger partial charge is 0.270 e. The Morgan fingerprint density at radius 1 is 1.16 bits per heavy atom. The van der Waals surface area contributed by atoms with Crippen LogP contribution in [-0.2, 0) is 5.92 Å². The molecule has 0 aliphatic carbocycles. The number of hydrogen-bond acceptors (Lipinski definition) is 3. The molecule has 1 amide bonds. The number of amides is 1. The maximum atomic E-state index is 13.8. The average Bonchev–Trinajstić information content (AvgIpc) is 3.26. The molecule has 0 spiro atoms. The van der Waals surface area contributed by atoms with Crippen molar-refractivity contribution in [1.29, 1.82) is 0 Å². The molecule has 0 saturated carbocycles. The van der Waals surface area contributed by atoms with Gasteiger partial charge in [-0.15, -0.1) is 0 Å². The predicted octanol–water partition coefficient (Wildman–Crippen LogP) is 5.03. The zero-order chi connectivity index (χ0) is 22.9. The lowest BCUT2D eigenvalue weighted by Gasteiger charge is -2.35. The molecule has 0 unspecified atom stereocenters. The van der Waals surface area contributed by atoms with Crippen LogP contribution in [0.15, 0.2) is 47.5 Å². The van der Waals surface area contributed by atoms with Gasteiger partial charge in [0.2, 0.25) is 0 Å². The molecule has 2 heterocycles. The third-order valence-corrected chi connectivity index (χ3v) is 9.38. The number of carbonyl (C=O) groups excluding carboxylic acids is 1. The van der Waals surface area contributed by atoms with E-state index in [2.05, 4.69) is 26.9 Å². The number of nitrogens with zero attached hydrogens (tertiary/aromatic N) is 2. The van der Waals surface area contributed by atoms with E-state index in [4.69, 9.17) is 0 Å². The van der Waals surface area contributed by atoms with Crippen LogP contribution in [0.5, 0.6) is 0 Å². The Morgan fingerprint density at radius 2 is 1.84 bits per heavy atom. The van der Waals surface area contributed by atoms with Gasteiger partial charge in [0.15, 0.2) is 0 Å². The van der Waals surface area contributed by atoms with E-state index in [0.29, 0.717) is 17.0 Å². The molecule has 0 radical (unpaired) electrons. The fraction of sp³-hybridized carbons (Fsp3) is 0.417. The Balaban J connectivity index is 1.74. The van der Waals surface area contributed by atoms with Gasteiger partial charge >= 0.3 is 0 Å². The van der Waals surface area contributed by atoms with Crippen LogP contribution in [0.25, 0.3) is 0 Å². The molecule has 1 saturated heterocycles. The van der Waals surface area contributed by atoms with Gasteiger partial charge in [0.05, 0.1) is 0 Å². The molecule has 1 N–H and O–H groups in total. The highest BCUT2D eigenvalue weighted by atomic mass is 32.2. The third-order valence-electron chi connectivity index (χ3n) is 5.96. The number of aromatic nitrogens is 1. The summed E-state index contributed by atoms with van der Waals surface area (Å²) in [4.78, 5) is 20.1. The van der Waals surface area contributed by atoms with Crippen molar-refractivity contribution in [2.75, 3.05) is 24.5 Å². The van der Waals surface area contributed by atoms with Gasteiger partial charge < -0.3 is 10.2 Å². The molecule has 0 atom stereocenters. The summed E-state index contributed by atoms with van der Waals surface area (Å²) in [5, 5.41) is 2.99. The lowest BCUT2D eigenvalue weighted by atomic mass is 10.1.